The number of aromatic nitrogens is 1. The predicted octanol–water partition coefficient (Wildman–Crippen LogP) is 2.77. The lowest BCUT2D eigenvalue weighted by atomic mass is 9.92. The molecule has 1 amide bonds. The molecular weight excluding hydrogens is 334 g/mol. The molecule has 3 fully saturated rings. The number of hydrogen-bond acceptors (Lipinski definition) is 5. The lowest BCUT2D eigenvalue weighted by Crippen LogP contribution is -2.41. The summed E-state index contributed by atoms with van der Waals surface area (Å²) in [4.78, 5) is 21.5. The topological polar surface area (TPSA) is 45.7 Å². The van der Waals surface area contributed by atoms with Gasteiger partial charge >= 0.3 is 0 Å². The van der Waals surface area contributed by atoms with Crippen LogP contribution in [0, 0.1) is 11.3 Å². The number of piperidine rings is 1. The van der Waals surface area contributed by atoms with Gasteiger partial charge in [-0.25, -0.2) is 4.98 Å². The lowest BCUT2D eigenvalue weighted by Gasteiger charge is -2.34. The Balaban J connectivity index is 1.21. The van der Waals surface area contributed by atoms with Gasteiger partial charge in [-0.2, -0.15) is 0 Å². The molecule has 1 aromatic rings. The van der Waals surface area contributed by atoms with E-state index in [1.807, 2.05) is 11.6 Å². The molecule has 1 aliphatic carbocycles. The number of hydrogen-bond donors (Lipinski definition) is 0. The van der Waals surface area contributed by atoms with Gasteiger partial charge in [-0.3, -0.25) is 9.69 Å². The third-order valence-corrected chi connectivity index (χ3v) is 7.21. The Hall–Kier alpha value is -0.980. The van der Waals surface area contributed by atoms with Gasteiger partial charge in [0.15, 0.2) is 0 Å². The molecule has 0 aromatic carbocycles. The van der Waals surface area contributed by atoms with E-state index in [0.717, 1.165) is 58.5 Å². The van der Waals surface area contributed by atoms with Crippen molar-refractivity contribution < 1.29 is 9.53 Å². The van der Waals surface area contributed by atoms with Gasteiger partial charge in [0, 0.05) is 50.3 Å². The van der Waals surface area contributed by atoms with Crippen LogP contribution in [0.5, 0.6) is 0 Å². The first-order chi connectivity index (χ1) is 12.2. The Labute approximate surface area is 154 Å². The molecule has 3 aliphatic rings. The number of carbonyl (C=O) groups is 1. The first-order valence-corrected chi connectivity index (χ1v) is 10.5. The van der Waals surface area contributed by atoms with Crippen LogP contribution in [-0.4, -0.2) is 60.1 Å². The molecule has 5 nitrogen and oxygen atoms in total. The normalized spacial score (nSPS) is 28.0. The maximum atomic E-state index is 12.5. The van der Waals surface area contributed by atoms with Crippen LogP contribution in [0.4, 0.5) is 0 Å². The van der Waals surface area contributed by atoms with Crippen molar-refractivity contribution in [3.8, 4) is 0 Å². The van der Waals surface area contributed by atoms with Gasteiger partial charge in [0.2, 0.25) is 5.91 Å². The minimum atomic E-state index is 0.357. The maximum Gasteiger partial charge on any atom is 0.222 e. The fourth-order valence-electron chi connectivity index (χ4n) is 4.64. The molecule has 2 atom stereocenters. The van der Waals surface area contributed by atoms with Gasteiger partial charge in [0.05, 0.1) is 6.54 Å². The van der Waals surface area contributed by atoms with E-state index in [-0.39, 0.29) is 0 Å². The number of nitrogens with zero attached hydrogens (tertiary/aromatic N) is 3. The molecule has 3 heterocycles. The Morgan fingerprint density at radius 1 is 1.48 bits per heavy atom. The number of likely N-dealkylation sites (tertiary alicyclic amines) is 1. The van der Waals surface area contributed by atoms with Crippen LogP contribution in [0.3, 0.4) is 0 Å². The zero-order valence-electron chi connectivity index (χ0n) is 15.2. The molecule has 2 saturated heterocycles. The predicted molar refractivity (Wildman–Crippen MR) is 98.4 cm³/mol. The standard InChI is InChI=1S/C19H29N3O2S/c1-21(13-17-20-7-11-25-17)16-12-19(16)5-8-22(9-6-19)18(23)3-2-15-4-10-24-14-15/h7,11,15-16H,2-6,8-10,12-14H2,1H3/t15-,16+/m1/s1. The summed E-state index contributed by atoms with van der Waals surface area (Å²) in [6.07, 6.45) is 8.34. The maximum absolute atomic E-state index is 12.5. The summed E-state index contributed by atoms with van der Waals surface area (Å²) in [6.45, 7) is 4.57. The first-order valence-electron chi connectivity index (χ1n) is 9.60. The SMILES string of the molecule is CN(Cc1nccs1)[C@H]1CC12CCN(C(=O)CC[C@@H]1CCOC1)CC2. The van der Waals surface area contributed by atoms with E-state index in [9.17, 15) is 4.79 Å². The van der Waals surface area contributed by atoms with E-state index < -0.39 is 0 Å². The molecule has 0 bridgehead atoms. The zero-order valence-corrected chi connectivity index (χ0v) is 16.0. The van der Waals surface area contributed by atoms with Crippen molar-refractivity contribution in [2.45, 2.75) is 51.1 Å². The van der Waals surface area contributed by atoms with Crippen molar-refractivity contribution in [2.75, 3.05) is 33.4 Å². The van der Waals surface area contributed by atoms with Crippen LogP contribution in [0.15, 0.2) is 11.6 Å². The second kappa shape index (κ2) is 7.33. The summed E-state index contributed by atoms with van der Waals surface area (Å²) >= 11 is 1.74. The van der Waals surface area contributed by atoms with Gasteiger partial charge in [-0.15, -0.1) is 11.3 Å². The van der Waals surface area contributed by atoms with E-state index in [1.165, 1.54) is 11.4 Å². The van der Waals surface area contributed by atoms with E-state index in [2.05, 4.69) is 21.8 Å². The Kier molecular flexibility index (Phi) is 5.11. The largest absolute Gasteiger partial charge is 0.381 e. The van der Waals surface area contributed by atoms with Gasteiger partial charge < -0.3 is 9.64 Å². The summed E-state index contributed by atoms with van der Waals surface area (Å²) in [7, 11) is 2.22. The minimum absolute atomic E-state index is 0.357. The van der Waals surface area contributed by atoms with Crippen molar-refractivity contribution in [3.05, 3.63) is 16.6 Å². The van der Waals surface area contributed by atoms with Crippen LogP contribution in [0.2, 0.25) is 0 Å². The molecule has 2 aliphatic heterocycles. The van der Waals surface area contributed by atoms with Gasteiger partial charge in [0.25, 0.3) is 0 Å². The third kappa shape index (κ3) is 3.91. The summed E-state index contributed by atoms with van der Waals surface area (Å²) in [5, 5.41) is 3.25. The van der Waals surface area contributed by atoms with Crippen molar-refractivity contribution in [2.24, 2.45) is 11.3 Å². The zero-order chi connectivity index (χ0) is 17.3. The number of ether oxygens (including phenoxy) is 1. The molecule has 1 aromatic heterocycles. The monoisotopic (exact) mass is 363 g/mol. The van der Waals surface area contributed by atoms with Crippen LogP contribution >= 0.6 is 11.3 Å². The number of amides is 1. The second-order valence-corrected chi connectivity index (χ2v) is 9.05. The third-order valence-electron chi connectivity index (χ3n) is 6.45. The first kappa shape index (κ1) is 17.4. The molecule has 1 saturated carbocycles. The van der Waals surface area contributed by atoms with Gasteiger partial charge in [-0.05, 0) is 50.5 Å². The highest BCUT2D eigenvalue weighted by Gasteiger charge is 2.56. The lowest BCUT2D eigenvalue weighted by molar-refractivity contribution is -0.133. The summed E-state index contributed by atoms with van der Waals surface area (Å²) < 4.78 is 5.41. The summed E-state index contributed by atoms with van der Waals surface area (Å²) in [5.74, 6) is 0.961. The second-order valence-electron chi connectivity index (χ2n) is 8.07. The molecule has 0 unspecified atom stereocenters. The molecule has 6 heteroatoms. The highest BCUT2D eigenvalue weighted by Crippen LogP contribution is 2.56. The molecule has 138 valence electrons. The van der Waals surface area contributed by atoms with E-state index in [0.29, 0.717) is 29.7 Å². The van der Waals surface area contributed by atoms with Crippen molar-refractivity contribution in [3.63, 3.8) is 0 Å². The number of carbonyl (C=O) groups excluding carboxylic acids is 1. The quantitative estimate of drug-likeness (QED) is 0.780. The molecule has 4 rings (SSSR count). The van der Waals surface area contributed by atoms with E-state index in [1.54, 1.807) is 11.3 Å². The Morgan fingerprint density at radius 3 is 3.00 bits per heavy atom. The minimum Gasteiger partial charge on any atom is -0.381 e. The number of rotatable bonds is 6. The fourth-order valence-corrected chi connectivity index (χ4v) is 5.32. The average Bonchev–Trinajstić information content (AvgIpc) is 3.04. The molecule has 25 heavy (non-hydrogen) atoms. The van der Waals surface area contributed by atoms with E-state index in [4.69, 9.17) is 4.74 Å². The van der Waals surface area contributed by atoms with Crippen LogP contribution in [0.25, 0.3) is 0 Å². The summed E-state index contributed by atoms with van der Waals surface area (Å²) in [5.41, 5.74) is 0.460. The Morgan fingerprint density at radius 2 is 2.32 bits per heavy atom. The van der Waals surface area contributed by atoms with Crippen molar-refractivity contribution in [1.82, 2.24) is 14.8 Å². The fraction of sp³-hybridized carbons (Fsp3) is 0.789. The Bertz CT molecular complexity index is 577. The van der Waals surface area contributed by atoms with Crippen LogP contribution in [0.1, 0.15) is 43.5 Å². The molecular formula is C19H29N3O2S. The molecule has 0 radical (unpaired) electrons. The van der Waals surface area contributed by atoms with Crippen molar-refractivity contribution >= 4 is 17.2 Å². The van der Waals surface area contributed by atoms with Crippen LogP contribution in [-0.2, 0) is 16.1 Å². The van der Waals surface area contributed by atoms with Gasteiger partial charge in [-0.1, -0.05) is 0 Å². The summed E-state index contributed by atoms with van der Waals surface area (Å²) in [6, 6.07) is 0.671. The number of thiazole rings is 1. The highest BCUT2D eigenvalue weighted by molar-refractivity contribution is 7.09. The van der Waals surface area contributed by atoms with Crippen molar-refractivity contribution in [1.29, 1.82) is 0 Å². The smallest absolute Gasteiger partial charge is 0.222 e. The van der Waals surface area contributed by atoms with E-state index >= 15 is 0 Å². The molecule has 1 spiro atoms. The molecule has 0 N–H and O–H groups in total. The average molecular weight is 364 g/mol. The van der Waals surface area contributed by atoms with Crippen LogP contribution < -0.4 is 0 Å². The highest BCUT2D eigenvalue weighted by atomic mass is 32.1. The van der Waals surface area contributed by atoms with Gasteiger partial charge in [0.1, 0.15) is 5.01 Å².